The lowest BCUT2D eigenvalue weighted by Crippen LogP contribution is -2.49. The van der Waals surface area contributed by atoms with Crippen LogP contribution < -0.4 is 5.32 Å². The SMILES string of the molecule is CC(NC(=O)c1cc(Br)c(Br)s1)(C(=O)O)c1ccccc1. The molecule has 1 aromatic heterocycles. The molecule has 110 valence electrons. The summed E-state index contributed by atoms with van der Waals surface area (Å²) in [7, 11) is 0. The molecule has 0 saturated carbocycles. The molecule has 1 aromatic carbocycles. The Balaban J connectivity index is 2.33. The largest absolute Gasteiger partial charge is 0.479 e. The van der Waals surface area contributed by atoms with Gasteiger partial charge in [-0.05, 0) is 50.4 Å². The van der Waals surface area contributed by atoms with E-state index in [1.54, 1.807) is 36.4 Å². The molecule has 7 heteroatoms. The number of halogens is 2. The number of thiophene rings is 1. The van der Waals surface area contributed by atoms with E-state index in [2.05, 4.69) is 37.2 Å². The average Bonchev–Trinajstić information content (AvgIpc) is 2.79. The van der Waals surface area contributed by atoms with E-state index in [4.69, 9.17) is 0 Å². The van der Waals surface area contributed by atoms with Crippen molar-refractivity contribution < 1.29 is 14.7 Å². The second-order valence-electron chi connectivity index (χ2n) is 4.48. The van der Waals surface area contributed by atoms with Gasteiger partial charge in [0.2, 0.25) is 0 Å². The minimum Gasteiger partial charge on any atom is -0.479 e. The van der Waals surface area contributed by atoms with Crippen LogP contribution >= 0.6 is 43.2 Å². The fourth-order valence-electron chi connectivity index (χ4n) is 1.77. The first-order valence-corrected chi connectivity index (χ1v) is 8.31. The van der Waals surface area contributed by atoms with Crippen LogP contribution in [-0.4, -0.2) is 17.0 Å². The molecule has 0 aliphatic rings. The van der Waals surface area contributed by atoms with Gasteiger partial charge < -0.3 is 10.4 Å². The standard InChI is InChI=1S/C14H11Br2NO3S/c1-14(13(19)20,8-5-3-2-4-6-8)17-12(18)10-7-9(15)11(16)21-10/h2-7H,1H3,(H,17,18)(H,19,20). The molecule has 2 aromatic rings. The summed E-state index contributed by atoms with van der Waals surface area (Å²) in [5, 5.41) is 12.1. The summed E-state index contributed by atoms with van der Waals surface area (Å²) in [6.45, 7) is 1.47. The van der Waals surface area contributed by atoms with E-state index in [1.807, 2.05) is 0 Å². The summed E-state index contributed by atoms with van der Waals surface area (Å²) in [6.07, 6.45) is 0. The molecule has 1 heterocycles. The third-order valence-electron chi connectivity index (χ3n) is 3.01. The number of hydrogen-bond acceptors (Lipinski definition) is 3. The second kappa shape index (κ2) is 6.29. The summed E-state index contributed by atoms with van der Waals surface area (Å²) in [5.41, 5.74) is -0.970. The highest BCUT2D eigenvalue weighted by atomic mass is 79.9. The Hall–Kier alpha value is -1.18. The van der Waals surface area contributed by atoms with Crippen molar-refractivity contribution in [1.29, 1.82) is 0 Å². The molecule has 4 nitrogen and oxygen atoms in total. The van der Waals surface area contributed by atoms with Crippen LogP contribution in [0.1, 0.15) is 22.2 Å². The van der Waals surface area contributed by atoms with Gasteiger partial charge in [0, 0.05) is 4.47 Å². The summed E-state index contributed by atoms with van der Waals surface area (Å²) < 4.78 is 1.54. The van der Waals surface area contributed by atoms with E-state index in [-0.39, 0.29) is 0 Å². The van der Waals surface area contributed by atoms with E-state index in [0.717, 1.165) is 8.26 Å². The third-order valence-corrected chi connectivity index (χ3v) is 6.27. The Morgan fingerprint density at radius 3 is 2.33 bits per heavy atom. The first-order valence-electron chi connectivity index (χ1n) is 5.91. The van der Waals surface area contributed by atoms with Crippen molar-refractivity contribution in [2.24, 2.45) is 0 Å². The number of carbonyl (C=O) groups excluding carboxylic acids is 1. The van der Waals surface area contributed by atoms with Gasteiger partial charge in [-0.25, -0.2) is 4.79 Å². The second-order valence-corrected chi connectivity index (χ2v) is 7.71. The number of aliphatic carboxylic acids is 1. The number of carboxylic acid groups (broad SMARTS) is 1. The number of hydrogen-bond donors (Lipinski definition) is 2. The maximum atomic E-state index is 12.3. The Bertz CT molecular complexity index is 667. The first kappa shape index (κ1) is 16.2. The number of carbonyl (C=O) groups is 2. The summed E-state index contributed by atoms with van der Waals surface area (Å²) in [4.78, 5) is 24.4. The Morgan fingerprint density at radius 1 is 1.24 bits per heavy atom. The van der Waals surface area contributed by atoms with E-state index < -0.39 is 17.4 Å². The zero-order valence-corrected chi connectivity index (χ0v) is 14.9. The summed E-state index contributed by atoms with van der Waals surface area (Å²) in [5.74, 6) is -1.54. The monoisotopic (exact) mass is 431 g/mol. The average molecular weight is 433 g/mol. The van der Waals surface area contributed by atoms with Crippen LogP contribution in [0.5, 0.6) is 0 Å². The quantitative estimate of drug-likeness (QED) is 0.767. The third kappa shape index (κ3) is 3.36. The Labute approximate surface area is 142 Å². The van der Waals surface area contributed by atoms with Gasteiger partial charge in [-0.3, -0.25) is 4.79 Å². The molecule has 1 atom stereocenters. The van der Waals surface area contributed by atoms with Crippen molar-refractivity contribution in [2.75, 3.05) is 0 Å². The van der Waals surface area contributed by atoms with Crippen molar-refractivity contribution >= 4 is 55.1 Å². The van der Waals surface area contributed by atoms with Gasteiger partial charge in [0.15, 0.2) is 5.54 Å². The van der Waals surface area contributed by atoms with Crippen molar-refractivity contribution in [3.63, 3.8) is 0 Å². The van der Waals surface area contributed by atoms with Gasteiger partial charge in [-0.15, -0.1) is 11.3 Å². The van der Waals surface area contributed by atoms with E-state index in [0.29, 0.717) is 10.4 Å². The minimum atomic E-state index is -1.48. The zero-order valence-electron chi connectivity index (χ0n) is 10.9. The molecular weight excluding hydrogens is 422 g/mol. The molecule has 1 unspecified atom stereocenters. The molecule has 0 spiro atoms. The maximum Gasteiger partial charge on any atom is 0.333 e. The minimum absolute atomic E-state index is 0.428. The number of benzene rings is 1. The number of carboxylic acids is 1. The molecule has 0 saturated heterocycles. The molecule has 2 N–H and O–H groups in total. The van der Waals surface area contributed by atoms with Crippen LogP contribution in [0.3, 0.4) is 0 Å². The molecule has 0 fully saturated rings. The van der Waals surface area contributed by atoms with Gasteiger partial charge in [-0.2, -0.15) is 0 Å². The van der Waals surface area contributed by atoms with Gasteiger partial charge in [0.25, 0.3) is 5.91 Å². The highest BCUT2D eigenvalue weighted by Gasteiger charge is 2.37. The van der Waals surface area contributed by atoms with Crippen LogP contribution in [0.2, 0.25) is 0 Å². The van der Waals surface area contributed by atoms with Crippen molar-refractivity contribution in [3.05, 3.63) is 55.1 Å². The highest BCUT2D eigenvalue weighted by Crippen LogP contribution is 2.33. The van der Waals surface area contributed by atoms with Gasteiger partial charge >= 0.3 is 5.97 Å². The fraction of sp³-hybridized carbons (Fsp3) is 0.143. The normalized spacial score (nSPS) is 13.5. The van der Waals surface area contributed by atoms with E-state index >= 15 is 0 Å². The molecule has 21 heavy (non-hydrogen) atoms. The Kier molecular flexibility index (Phi) is 4.85. The lowest BCUT2D eigenvalue weighted by Gasteiger charge is -2.26. The smallest absolute Gasteiger partial charge is 0.333 e. The molecule has 0 aliphatic carbocycles. The predicted octanol–water partition coefficient (Wildman–Crippen LogP) is 4.00. The van der Waals surface area contributed by atoms with E-state index in [1.165, 1.54) is 18.3 Å². The number of amides is 1. The topological polar surface area (TPSA) is 66.4 Å². The van der Waals surface area contributed by atoms with Crippen LogP contribution in [0, 0.1) is 0 Å². The van der Waals surface area contributed by atoms with Crippen LogP contribution in [0.15, 0.2) is 44.7 Å². The lowest BCUT2D eigenvalue weighted by molar-refractivity contribution is -0.144. The maximum absolute atomic E-state index is 12.3. The van der Waals surface area contributed by atoms with Crippen molar-refractivity contribution in [1.82, 2.24) is 5.32 Å². The lowest BCUT2D eigenvalue weighted by atomic mass is 9.92. The molecule has 0 bridgehead atoms. The molecular formula is C14H11Br2NO3S. The zero-order chi connectivity index (χ0) is 15.6. The predicted molar refractivity (Wildman–Crippen MR) is 88.6 cm³/mol. The highest BCUT2D eigenvalue weighted by molar-refractivity contribution is 9.13. The molecule has 1 amide bonds. The van der Waals surface area contributed by atoms with Crippen LogP contribution in [0.4, 0.5) is 0 Å². The van der Waals surface area contributed by atoms with Gasteiger partial charge in [0.1, 0.15) is 0 Å². The molecule has 0 aliphatic heterocycles. The van der Waals surface area contributed by atoms with Crippen molar-refractivity contribution in [2.45, 2.75) is 12.5 Å². The fourth-order valence-corrected chi connectivity index (χ4v) is 3.70. The van der Waals surface area contributed by atoms with Crippen LogP contribution in [0.25, 0.3) is 0 Å². The summed E-state index contributed by atoms with van der Waals surface area (Å²) in [6, 6.07) is 10.3. The number of nitrogens with one attached hydrogen (secondary N) is 1. The Morgan fingerprint density at radius 2 is 1.86 bits per heavy atom. The molecule has 0 radical (unpaired) electrons. The summed E-state index contributed by atoms with van der Waals surface area (Å²) >= 11 is 7.85. The van der Waals surface area contributed by atoms with Gasteiger partial charge in [-0.1, -0.05) is 30.3 Å². The molecule has 2 rings (SSSR count). The van der Waals surface area contributed by atoms with Gasteiger partial charge in [0.05, 0.1) is 8.66 Å². The number of rotatable bonds is 4. The van der Waals surface area contributed by atoms with Crippen LogP contribution in [-0.2, 0) is 10.3 Å². The van der Waals surface area contributed by atoms with E-state index in [9.17, 15) is 14.7 Å². The van der Waals surface area contributed by atoms with Crippen molar-refractivity contribution in [3.8, 4) is 0 Å². The first-order chi connectivity index (χ1) is 9.84.